The summed E-state index contributed by atoms with van der Waals surface area (Å²) in [6, 6.07) is 14.4. The Balaban J connectivity index is 1.42. The molecule has 1 fully saturated rings. The van der Waals surface area contributed by atoms with Crippen LogP contribution in [0.1, 0.15) is 40.3 Å². The van der Waals surface area contributed by atoms with Crippen LogP contribution < -0.4 is 10.2 Å². The first-order valence-electron chi connectivity index (χ1n) is 9.76. The number of para-hydroxylation sites is 1. The summed E-state index contributed by atoms with van der Waals surface area (Å²) in [6.07, 6.45) is 1.89. The molecular formula is C22H26N4O2. The molecule has 28 heavy (non-hydrogen) atoms. The van der Waals surface area contributed by atoms with Gasteiger partial charge in [0, 0.05) is 42.3 Å². The Kier molecular flexibility index (Phi) is 4.94. The van der Waals surface area contributed by atoms with E-state index >= 15 is 0 Å². The van der Waals surface area contributed by atoms with Crippen LogP contribution >= 0.6 is 0 Å². The highest BCUT2D eigenvalue weighted by atomic mass is 16.5. The summed E-state index contributed by atoms with van der Waals surface area (Å²) in [4.78, 5) is 15.3. The lowest BCUT2D eigenvalue weighted by Crippen LogP contribution is -2.44. The molecule has 2 aromatic heterocycles. The maximum absolute atomic E-state index is 12.9. The van der Waals surface area contributed by atoms with E-state index in [0.717, 1.165) is 43.1 Å². The zero-order chi connectivity index (χ0) is 19.7. The Morgan fingerprint density at radius 3 is 2.46 bits per heavy atom. The molecule has 0 atom stereocenters. The highest BCUT2D eigenvalue weighted by Gasteiger charge is 2.24. The van der Waals surface area contributed by atoms with E-state index in [4.69, 9.17) is 4.52 Å². The molecule has 0 spiro atoms. The van der Waals surface area contributed by atoms with Gasteiger partial charge in [0.05, 0.1) is 5.56 Å². The van der Waals surface area contributed by atoms with E-state index in [1.54, 1.807) is 0 Å². The maximum Gasteiger partial charge on any atom is 0.253 e. The standard InChI is InChI=1S/C22H26N4O2/c1-15-13-20(17(3)26(15)21-14-16(2)28-24-21)22(27)23-18-9-11-25(12-10-18)19-7-5-4-6-8-19/h4-8,13-14,18H,9-12H2,1-3H3,(H,23,27). The van der Waals surface area contributed by atoms with Gasteiger partial charge < -0.3 is 14.7 Å². The summed E-state index contributed by atoms with van der Waals surface area (Å²) in [6.45, 7) is 7.69. The predicted molar refractivity (Wildman–Crippen MR) is 109 cm³/mol. The van der Waals surface area contributed by atoms with Crippen LogP contribution in [0, 0.1) is 20.8 Å². The molecule has 0 radical (unpaired) electrons. The Bertz CT molecular complexity index is 966. The number of carbonyl (C=O) groups excluding carboxylic acids is 1. The molecule has 0 bridgehead atoms. The van der Waals surface area contributed by atoms with E-state index in [0.29, 0.717) is 11.4 Å². The molecule has 0 unspecified atom stereocenters. The Morgan fingerprint density at radius 2 is 1.82 bits per heavy atom. The molecule has 0 saturated carbocycles. The average molecular weight is 378 g/mol. The Labute approximate surface area is 165 Å². The molecule has 146 valence electrons. The van der Waals surface area contributed by atoms with Gasteiger partial charge in [0.15, 0.2) is 5.82 Å². The number of piperidine rings is 1. The lowest BCUT2D eigenvalue weighted by molar-refractivity contribution is 0.0930. The molecule has 1 N–H and O–H groups in total. The predicted octanol–water partition coefficient (Wildman–Crippen LogP) is 3.79. The normalized spacial score (nSPS) is 15.0. The minimum absolute atomic E-state index is 0.0160. The smallest absolute Gasteiger partial charge is 0.253 e. The first-order valence-corrected chi connectivity index (χ1v) is 9.76. The van der Waals surface area contributed by atoms with Crippen molar-refractivity contribution in [3.63, 3.8) is 0 Å². The summed E-state index contributed by atoms with van der Waals surface area (Å²) in [5.74, 6) is 1.44. The minimum Gasteiger partial charge on any atom is -0.371 e. The molecule has 1 amide bonds. The topological polar surface area (TPSA) is 63.3 Å². The van der Waals surface area contributed by atoms with Crippen molar-refractivity contribution in [3.05, 3.63) is 65.2 Å². The van der Waals surface area contributed by atoms with Gasteiger partial charge >= 0.3 is 0 Å². The van der Waals surface area contributed by atoms with Gasteiger partial charge in [-0.05, 0) is 51.8 Å². The fraction of sp³-hybridized carbons (Fsp3) is 0.364. The second-order valence-corrected chi connectivity index (χ2v) is 7.49. The zero-order valence-corrected chi connectivity index (χ0v) is 16.6. The SMILES string of the molecule is Cc1cc(-n2c(C)cc(C(=O)NC3CCN(c4ccccc4)CC3)c2C)no1. The molecule has 3 heterocycles. The number of hydrogen-bond donors (Lipinski definition) is 1. The maximum atomic E-state index is 12.9. The van der Waals surface area contributed by atoms with E-state index in [1.807, 2.05) is 43.5 Å². The number of rotatable bonds is 4. The molecule has 1 aliphatic rings. The first-order chi connectivity index (χ1) is 13.5. The fourth-order valence-corrected chi connectivity index (χ4v) is 3.99. The average Bonchev–Trinajstić information content (AvgIpc) is 3.25. The molecule has 1 aliphatic heterocycles. The number of nitrogens with zero attached hydrogens (tertiary/aromatic N) is 3. The van der Waals surface area contributed by atoms with E-state index in [9.17, 15) is 4.79 Å². The van der Waals surface area contributed by atoms with Crippen molar-refractivity contribution in [1.82, 2.24) is 15.0 Å². The fourth-order valence-electron chi connectivity index (χ4n) is 3.99. The van der Waals surface area contributed by atoms with Crippen LogP contribution in [0.2, 0.25) is 0 Å². The molecule has 6 nitrogen and oxygen atoms in total. The van der Waals surface area contributed by atoms with Crippen molar-refractivity contribution < 1.29 is 9.32 Å². The van der Waals surface area contributed by atoms with Crippen LogP contribution in [0.3, 0.4) is 0 Å². The van der Waals surface area contributed by atoms with E-state index in [-0.39, 0.29) is 11.9 Å². The highest BCUT2D eigenvalue weighted by molar-refractivity contribution is 5.96. The summed E-state index contributed by atoms with van der Waals surface area (Å²) < 4.78 is 7.15. The van der Waals surface area contributed by atoms with Gasteiger partial charge in [-0.15, -0.1) is 0 Å². The number of nitrogens with one attached hydrogen (secondary N) is 1. The van der Waals surface area contributed by atoms with Crippen molar-refractivity contribution in [2.45, 2.75) is 39.7 Å². The second kappa shape index (κ2) is 7.54. The van der Waals surface area contributed by atoms with E-state index < -0.39 is 0 Å². The van der Waals surface area contributed by atoms with Gasteiger partial charge in [-0.3, -0.25) is 9.36 Å². The molecule has 1 saturated heterocycles. The third-order valence-electron chi connectivity index (χ3n) is 5.47. The number of hydrogen-bond acceptors (Lipinski definition) is 4. The van der Waals surface area contributed by atoms with Gasteiger partial charge in [-0.2, -0.15) is 0 Å². The molecule has 4 rings (SSSR count). The van der Waals surface area contributed by atoms with Crippen molar-refractivity contribution in [2.75, 3.05) is 18.0 Å². The lowest BCUT2D eigenvalue weighted by Gasteiger charge is -2.34. The van der Waals surface area contributed by atoms with Gasteiger partial charge in [0.25, 0.3) is 5.91 Å². The molecule has 0 aliphatic carbocycles. The second-order valence-electron chi connectivity index (χ2n) is 7.49. The molecule has 6 heteroatoms. The van der Waals surface area contributed by atoms with Crippen molar-refractivity contribution in [1.29, 1.82) is 0 Å². The van der Waals surface area contributed by atoms with Crippen molar-refractivity contribution in [3.8, 4) is 5.82 Å². The van der Waals surface area contributed by atoms with Crippen LogP contribution in [0.4, 0.5) is 5.69 Å². The Hall–Kier alpha value is -3.02. The van der Waals surface area contributed by atoms with Crippen molar-refractivity contribution >= 4 is 11.6 Å². The number of benzene rings is 1. The molecule has 3 aromatic rings. The van der Waals surface area contributed by atoms with Crippen molar-refractivity contribution in [2.24, 2.45) is 0 Å². The van der Waals surface area contributed by atoms with Crippen LogP contribution in [0.5, 0.6) is 0 Å². The van der Waals surface area contributed by atoms with Crippen LogP contribution in [0.15, 0.2) is 47.0 Å². The van der Waals surface area contributed by atoms with E-state index in [1.165, 1.54) is 5.69 Å². The number of anilines is 1. The third-order valence-corrected chi connectivity index (χ3v) is 5.47. The van der Waals surface area contributed by atoms with Crippen LogP contribution in [-0.2, 0) is 0 Å². The summed E-state index contributed by atoms with van der Waals surface area (Å²) in [7, 11) is 0. The Morgan fingerprint density at radius 1 is 1.11 bits per heavy atom. The van der Waals surface area contributed by atoms with Gasteiger partial charge in [-0.25, -0.2) is 0 Å². The number of amides is 1. The first kappa shape index (κ1) is 18.3. The van der Waals surface area contributed by atoms with Gasteiger partial charge in [0.2, 0.25) is 0 Å². The zero-order valence-electron chi connectivity index (χ0n) is 16.6. The highest BCUT2D eigenvalue weighted by Crippen LogP contribution is 2.22. The molecule has 1 aromatic carbocycles. The minimum atomic E-state index is -0.0160. The molecular weight excluding hydrogens is 352 g/mol. The monoisotopic (exact) mass is 378 g/mol. The quantitative estimate of drug-likeness (QED) is 0.750. The number of aromatic nitrogens is 2. The lowest BCUT2D eigenvalue weighted by atomic mass is 10.0. The summed E-state index contributed by atoms with van der Waals surface area (Å²) in [5, 5.41) is 7.31. The van der Waals surface area contributed by atoms with Crippen LogP contribution in [-0.4, -0.2) is 34.8 Å². The third kappa shape index (κ3) is 3.54. The van der Waals surface area contributed by atoms with E-state index in [2.05, 4.69) is 39.6 Å². The number of carbonyl (C=O) groups is 1. The van der Waals surface area contributed by atoms with Gasteiger partial charge in [-0.1, -0.05) is 23.4 Å². The largest absolute Gasteiger partial charge is 0.371 e. The van der Waals surface area contributed by atoms with Gasteiger partial charge in [0.1, 0.15) is 5.76 Å². The number of aryl methyl sites for hydroxylation is 2. The van der Waals surface area contributed by atoms with Crippen LogP contribution in [0.25, 0.3) is 5.82 Å². The summed E-state index contributed by atoms with van der Waals surface area (Å²) in [5.41, 5.74) is 3.79. The summed E-state index contributed by atoms with van der Waals surface area (Å²) >= 11 is 0.